The molecule has 0 atom stereocenters. The lowest BCUT2D eigenvalue weighted by Crippen LogP contribution is -2.08. The molecule has 1 aromatic carbocycles. The van der Waals surface area contributed by atoms with E-state index in [4.69, 9.17) is 5.73 Å². The van der Waals surface area contributed by atoms with Crippen molar-refractivity contribution >= 4 is 16.5 Å². The second-order valence-electron chi connectivity index (χ2n) is 3.57. The van der Waals surface area contributed by atoms with Crippen molar-refractivity contribution in [1.82, 2.24) is 4.98 Å². The van der Waals surface area contributed by atoms with E-state index in [1.807, 2.05) is 0 Å². The van der Waals surface area contributed by atoms with Gasteiger partial charge in [0.05, 0.1) is 11.3 Å². The maximum Gasteiger partial charge on any atom is 0.417 e. The van der Waals surface area contributed by atoms with Gasteiger partial charge < -0.3 is 5.73 Å². The fourth-order valence-electron chi connectivity index (χ4n) is 1.65. The molecule has 2 nitrogen and oxygen atoms in total. The highest BCUT2D eigenvalue weighted by Gasteiger charge is 2.34. The number of nitrogen functional groups attached to an aromatic ring is 1. The summed E-state index contributed by atoms with van der Waals surface area (Å²) in [4.78, 5) is 3.91. The summed E-state index contributed by atoms with van der Waals surface area (Å²) in [6.07, 6.45) is -4.39. The molecule has 0 saturated heterocycles. The monoisotopic (exact) mass is 258 g/mol. The highest BCUT2D eigenvalue weighted by Crippen LogP contribution is 2.39. The normalized spacial score (nSPS) is 11.8. The van der Waals surface area contributed by atoms with Gasteiger partial charge in [-0.2, -0.15) is 13.2 Å². The van der Waals surface area contributed by atoms with Crippen molar-refractivity contribution in [3.8, 4) is 11.3 Å². The fourth-order valence-corrected chi connectivity index (χ4v) is 2.20. The molecule has 17 heavy (non-hydrogen) atoms. The first-order valence-electron chi connectivity index (χ1n) is 4.78. The summed E-state index contributed by atoms with van der Waals surface area (Å²) in [5.74, 6) is 0. The average molecular weight is 258 g/mol. The first-order chi connectivity index (χ1) is 7.89. The molecule has 0 amide bonds. The summed E-state index contributed by atoms with van der Waals surface area (Å²) in [6, 6.07) is 4.06. The van der Waals surface area contributed by atoms with Gasteiger partial charge in [-0.15, -0.1) is 11.3 Å². The fraction of sp³-hybridized carbons (Fsp3) is 0.182. The number of alkyl halides is 3. The van der Waals surface area contributed by atoms with Gasteiger partial charge in [-0.3, -0.25) is 0 Å². The average Bonchev–Trinajstić information content (AvgIpc) is 2.63. The molecule has 6 heteroatoms. The molecular formula is C11H9F3N2S. The van der Waals surface area contributed by atoms with E-state index >= 15 is 0 Å². The Labute approximate surface area is 99.9 Å². The summed E-state index contributed by atoms with van der Waals surface area (Å²) in [5.41, 5.74) is 5.69. The number of aryl methyl sites for hydroxylation is 1. The molecule has 0 aliphatic rings. The standard InChI is InChI=1S/C11H9F3N2S/c1-6-3-2-4-7(11(12,13)14)9(6)8-5-17-10(15)16-8/h2-5H,1H3,(H2,15,16). The van der Waals surface area contributed by atoms with Gasteiger partial charge in [0.2, 0.25) is 0 Å². The number of benzene rings is 1. The Kier molecular flexibility index (Phi) is 2.82. The number of nitrogens with zero attached hydrogens (tertiary/aromatic N) is 1. The molecule has 0 saturated carbocycles. The van der Waals surface area contributed by atoms with Crippen LogP contribution in [0.4, 0.5) is 18.3 Å². The Bertz CT molecular complexity index is 546. The number of aromatic nitrogens is 1. The lowest BCUT2D eigenvalue weighted by molar-refractivity contribution is -0.137. The number of halogens is 3. The lowest BCUT2D eigenvalue weighted by Gasteiger charge is -2.13. The molecule has 0 fully saturated rings. The minimum absolute atomic E-state index is 0.105. The number of hydrogen-bond donors (Lipinski definition) is 1. The quantitative estimate of drug-likeness (QED) is 0.846. The zero-order valence-electron chi connectivity index (χ0n) is 8.88. The second-order valence-corrected chi connectivity index (χ2v) is 4.46. The molecule has 2 rings (SSSR count). The first-order valence-corrected chi connectivity index (χ1v) is 5.66. The predicted molar refractivity (Wildman–Crippen MR) is 61.7 cm³/mol. The van der Waals surface area contributed by atoms with Crippen molar-refractivity contribution in [3.63, 3.8) is 0 Å². The SMILES string of the molecule is Cc1cccc(C(F)(F)F)c1-c1csc(N)n1. The number of rotatable bonds is 1. The zero-order valence-corrected chi connectivity index (χ0v) is 9.69. The van der Waals surface area contributed by atoms with Gasteiger partial charge in [0, 0.05) is 10.9 Å². The number of hydrogen-bond acceptors (Lipinski definition) is 3. The van der Waals surface area contributed by atoms with Crippen LogP contribution in [0.2, 0.25) is 0 Å². The van der Waals surface area contributed by atoms with Gasteiger partial charge in [-0.25, -0.2) is 4.98 Å². The van der Waals surface area contributed by atoms with Crippen LogP contribution in [0.25, 0.3) is 11.3 Å². The molecular weight excluding hydrogens is 249 g/mol. The van der Waals surface area contributed by atoms with E-state index in [0.717, 1.165) is 17.4 Å². The Morgan fingerprint density at radius 3 is 2.53 bits per heavy atom. The van der Waals surface area contributed by atoms with Gasteiger partial charge in [0.25, 0.3) is 0 Å². The van der Waals surface area contributed by atoms with E-state index in [-0.39, 0.29) is 16.4 Å². The van der Waals surface area contributed by atoms with Crippen molar-refractivity contribution in [2.45, 2.75) is 13.1 Å². The topological polar surface area (TPSA) is 38.9 Å². The van der Waals surface area contributed by atoms with Crippen LogP contribution >= 0.6 is 11.3 Å². The van der Waals surface area contributed by atoms with E-state index in [1.165, 1.54) is 11.4 Å². The van der Waals surface area contributed by atoms with Crippen LogP contribution in [0, 0.1) is 6.92 Å². The van der Waals surface area contributed by atoms with Gasteiger partial charge >= 0.3 is 6.18 Å². The number of thiazole rings is 1. The highest BCUT2D eigenvalue weighted by molar-refractivity contribution is 7.13. The summed E-state index contributed by atoms with van der Waals surface area (Å²) in [6.45, 7) is 1.63. The predicted octanol–water partition coefficient (Wildman–Crippen LogP) is 3.72. The van der Waals surface area contributed by atoms with Gasteiger partial charge in [-0.1, -0.05) is 12.1 Å². The van der Waals surface area contributed by atoms with E-state index in [2.05, 4.69) is 4.98 Å². The molecule has 1 heterocycles. The molecule has 90 valence electrons. The van der Waals surface area contributed by atoms with Crippen LogP contribution < -0.4 is 5.73 Å². The third kappa shape index (κ3) is 2.26. The van der Waals surface area contributed by atoms with Gasteiger partial charge in [0.15, 0.2) is 5.13 Å². The Morgan fingerprint density at radius 1 is 1.29 bits per heavy atom. The summed E-state index contributed by atoms with van der Waals surface area (Å²) in [7, 11) is 0. The lowest BCUT2D eigenvalue weighted by atomic mass is 9.99. The van der Waals surface area contributed by atoms with Crippen LogP contribution in [0.15, 0.2) is 23.6 Å². The molecule has 0 unspecified atom stereocenters. The maximum atomic E-state index is 12.9. The maximum absolute atomic E-state index is 12.9. The largest absolute Gasteiger partial charge is 0.417 e. The molecule has 0 radical (unpaired) electrons. The smallest absolute Gasteiger partial charge is 0.375 e. The summed E-state index contributed by atoms with van der Waals surface area (Å²) in [5, 5.41) is 1.80. The van der Waals surface area contributed by atoms with E-state index in [0.29, 0.717) is 5.56 Å². The van der Waals surface area contributed by atoms with E-state index in [1.54, 1.807) is 13.0 Å². The van der Waals surface area contributed by atoms with E-state index < -0.39 is 11.7 Å². The molecule has 0 bridgehead atoms. The molecule has 2 aromatic rings. The molecule has 0 aliphatic heterocycles. The van der Waals surface area contributed by atoms with Gasteiger partial charge in [0.1, 0.15) is 0 Å². The summed E-state index contributed by atoms with van der Waals surface area (Å²) < 4.78 is 38.6. The molecule has 2 N–H and O–H groups in total. The molecule has 1 aromatic heterocycles. The van der Waals surface area contributed by atoms with Crippen LogP contribution in [0.5, 0.6) is 0 Å². The van der Waals surface area contributed by atoms with Crippen LogP contribution in [0.1, 0.15) is 11.1 Å². The third-order valence-electron chi connectivity index (χ3n) is 2.36. The van der Waals surface area contributed by atoms with E-state index in [9.17, 15) is 13.2 Å². The van der Waals surface area contributed by atoms with Crippen LogP contribution in [-0.4, -0.2) is 4.98 Å². The van der Waals surface area contributed by atoms with Crippen molar-refractivity contribution in [2.75, 3.05) is 5.73 Å². The zero-order chi connectivity index (χ0) is 12.6. The van der Waals surface area contributed by atoms with Crippen molar-refractivity contribution in [3.05, 3.63) is 34.7 Å². The van der Waals surface area contributed by atoms with Crippen molar-refractivity contribution in [1.29, 1.82) is 0 Å². The van der Waals surface area contributed by atoms with Crippen molar-refractivity contribution < 1.29 is 13.2 Å². The second kappa shape index (κ2) is 4.03. The third-order valence-corrected chi connectivity index (χ3v) is 3.03. The molecule has 0 aliphatic carbocycles. The van der Waals surface area contributed by atoms with Gasteiger partial charge in [-0.05, 0) is 18.6 Å². The Balaban J connectivity index is 2.67. The minimum Gasteiger partial charge on any atom is -0.375 e. The Hall–Kier alpha value is -1.56. The number of nitrogens with two attached hydrogens (primary N) is 1. The summed E-state index contributed by atoms with van der Waals surface area (Å²) >= 11 is 1.13. The highest BCUT2D eigenvalue weighted by atomic mass is 32.1. The molecule has 0 spiro atoms. The minimum atomic E-state index is -4.39. The van der Waals surface area contributed by atoms with Crippen LogP contribution in [0.3, 0.4) is 0 Å². The Morgan fingerprint density at radius 2 is 2.00 bits per heavy atom. The van der Waals surface area contributed by atoms with Crippen molar-refractivity contribution in [2.24, 2.45) is 0 Å². The first kappa shape index (κ1) is 11.9. The number of anilines is 1. The van der Waals surface area contributed by atoms with Crippen LogP contribution in [-0.2, 0) is 6.18 Å².